The van der Waals surface area contributed by atoms with E-state index >= 15 is 0 Å². The summed E-state index contributed by atoms with van der Waals surface area (Å²) in [5.41, 5.74) is 2.41. The summed E-state index contributed by atoms with van der Waals surface area (Å²) in [5.74, 6) is 0.0133. The monoisotopic (exact) mass is 353 g/mol. The van der Waals surface area contributed by atoms with Crippen LogP contribution < -0.4 is 5.32 Å². The Morgan fingerprint density at radius 1 is 1.00 bits per heavy atom. The molecule has 0 spiro atoms. The SMILES string of the molecule is CC(=O)N[C@H]1C[C@@H](COCc2ccccc2)O[C@@H](Cc2ccccc2)C1. The molecule has 0 aliphatic carbocycles. The van der Waals surface area contributed by atoms with Crippen molar-refractivity contribution in [2.75, 3.05) is 6.61 Å². The maximum atomic E-state index is 11.5. The van der Waals surface area contributed by atoms with Crippen molar-refractivity contribution in [1.82, 2.24) is 5.32 Å². The van der Waals surface area contributed by atoms with Gasteiger partial charge in [-0.3, -0.25) is 4.79 Å². The van der Waals surface area contributed by atoms with E-state index in [1.807, 2.05) is 36.4 Å². The van der Waals surface area contributed by atoms with Gasteiger partial charge in [-0.1, -0.05) is 60.7 Å². The van der Waals surface area contributed by atoms with Crippen LogP contribution in [-0.2, 0) is 27.3 Å². The lowest BCUT2D eigenvalue weighted by molar-refractivity contribution is -0.124. The van der Waals surface area contributed by atoms with E-state index < -0.39 is 0 Å². The highest BCUT2D eigenvalue weighted by molar-refractivity contribution is 5.73. The summed E-state index contributed by atoms with van der Waals surface area (Å²) in [6, 6.07) is 20.6. The minimum Gasteiger partial charge on any atom is -0.374 e. The van der Waals surface area contributed by atoms with Crippen molar-refractivity contribution in [3.8, 4) is 0 Å². The van der Waals surface area contributed by atoms with E-state index in [1.54, 1.807) is 6.92 Å². The first-order chi connectivity index (χ1) is 12.7. The quantitative estimate of drug-likeness (QED) is 0.829. The Kier molecular flexibility index (Phi) is 6.81. The molecule has 1 aliphatic rings. The Morgan fingerprint density at radius 3 is 2.27 bits per heavy atom. The smallest absolute Gasteiger partial charge is 0.217 e. The van der Waals surface area contributed by atoms with Gasteiger partial charge < -0.3 is 14.8 Å². The van der Waals surface area contributed by atoms with Crippen LogP contribution in [0, 0.1) is 0 Å². The van der Waals surface area contributed by atoms with Crippen LogP contribution in [0.1, 0.15) is 30.9 Å². The summed E-state index contributed by atoms with van der Waals surface area (Å²) in [5, 5.41) is 3.06. The third-order valence-electron chi connectivity index (χ3n) is 4.61. The summed E-state index contributed by atoms with van der Waals surface area (Å²) in [6.45, 7) is 2.69. The molecule has 2 aromatic carbocycles. The fourth-order valence-corrected chi connectivity index (χ4v) is 3.52. The summed E-state index contributed by atoms with van der Waals surface area (Å²) >= 11 is 0. The topological polar surface area (TPSA) is 47.6 Å². The summed E-state index contributed by atoms with van der Waals surface area (Å²) in [6.07, 6.45) is 2.57. The molecule has 0 bridgehead atoms. The molecule has 3 rings (SSSR count). The fourth-order valence-electron chi connectivity index (χ4n) is 3.52. The van der Waals surface area contributed by atoms with E-state index in [2.05, 4.69) is 29.6 Å². The van der Waals surface area contributed by atoms with Crippen LogP contribution in [0.3, 0.4) is 0 Å². The normalized spacial score (nSPS) is 22.7. The van der Waals surface area contributed by atoms with Gasteiger partial charge in [0.05, 0.1) is 25.4 Å². The van der Waals surface area contributed by atoms with Gasteiger partial charge in [0.2, 0.25) is 5.91 Å². The number of benzene rings is 2. The van der Waals surface area contributed by atoms with Gasteiger partial charge >= 0.3 is 0 Å². The van der Waals surface area contributed by atoms with Crippen molar-refractivity contribution in [2.45, 2.75) is 51.0 Å². The lowest BCUT2D eigenvalue weighted by atomic mass is 9.94. The van der Waals surface area contributed by atoms with E-state index in [4.69, 9.17) is 9.47 Å². The van der Waals surface area contributed by atoms with Crippen LogP contribution in [0.4, 0.5) is 0 Å². The third kappa shape index (κ3) is 5.97. The van der Waals surface area contributed by atoms with Crippen LogP contribution in [0.25, 0.3) is 0 Å². The van der Waals surface area contributed by atoms with Gasteiger partial charge in [0.15, 0.2) is 0 Å². The molecule has 0 radical (unpaired) electrons. The molecule has 4 nitrogen and oxygen atoms in total. The van der Waals surface area contributed by atoms with E-state index in [0.29, 0.717) is 13.2 Å². The summed E-state index contributed by atoms with van der Waals surface area (Å²) in [4.78, 5) is 11.5. The maximum Gasteiger partial charge on any atom is 0.217 e. The van der Waals surface area contributed by atoms with Gasteiger partial charge in [-0.05, 0) is 30.4 Å². The Hall–Kier alpha value is -2.17. The van der Waals surface area contributed by atoms with Crippen molar-refractivity contribution in [1.29, 1.82) is 0 Å². The number of hydrogen-bond donors (Lipinski definition) is 1. The summed E-state index contributed by atoms with van der Waals surface area (Å²) < 4.78 is 12.1. The standard InChI is InChI=1S/C22H27NO3/c1-17(24)23-20-13-21(12-18-8-4-2-5-9-18)26-22(14-20)16-25-15-19-10-6-3-7-11-19/h2-11,20-22H,12-16H2,1H3,(H,23,24)/t20-,21+,22+/m1/s1. The number of ether oxygens (including phenoxy) is 2. The van der Waals surface area contributed by atoms with Crippen LogP contribution in [0.2, 0.25) is 0 Å². The second-order valence-electron chi connectivity index (χ2n) is 6.94. The molecule has 0 saturated carbocycles. The second kappa shape index (κ2) is 9.51. The number of rotatable bonds is 7. The van der Waals surface area contributed by atoms with E-state index in [9.17, 15) is 4.79 Å². The Balaban J connectivity index is 1.55. The van der Waals surface area contributed by atoms with Crippen LogP contribution in [-0.4, -0.2) is 30.8 Å². The van der Waals surface area contributed by atoms with Crippen LogP contribution in [0.15, 0.2) is 60.7 Å². The van der Waals surface area contributed by atoms with E-state index in [0.717, 1.165) is 24.8 Å². The number of carbonyl (C=O) groups is 1. The van der Waals surface area contributed by atoms with Gasteiger partial charge in [0.25, 0.3) is 0 Å². The predicted molar refractivity (Wildman–Crippen MR) is 102 cm³/mol. The van der Waals surface area contributed by atoms with Crippen molar-refractivity contribution >= 4 is 5.91 Å². The molecule has 0 unspecified atom stereocenters. The minimum absolute atomic E-state index is 0.00183. The van der Waals surface area contributed by atoms with Gasteiger partial charge in [0.1, 0.15) is 0 Å². The van der Waals surface area contributed by atoms with Gasteiger partial charge in [-0.15, -0.1) is 0 Å². The highest BCUT2D eigenvalue weighted by Gasteiger charge is 2.30. The Morgan fingerprint density at radius 2 is 1.62 bits per heavy atom. The average molecular weight is 353 g/mol. The van der Waals surface area contributed by atoms with Crippen LogP contribution >= 0.6 is 0 Å². The molecule has 138 valence electrons. The molecular weight excluding hydrogens is 326 g/mol. The zero-order chi connectivity index (χ0) is 18.2. The molecule has 1 heterocycles. The molecular formula is C22H27NO3. The average Bonchev–Trinajstić information content (AvgIpc) is 2.63. The first-order valence-electron chi connectivity index (χ1n) is 9.27. The lowest BCUT2D eigenvalue weighted by Crippen LogP contribution is -2.46. The van der Waals surface area contributed by atoms with Crippen molar-refractivity contribution in [3.63, 3.8) is 0 Å². The summed E-state index contributed by atoms with van der Waals surface area (Å²) in [7, 11) is 0. The predicted octanol–water partition coefficient (Wildman–Crippen LogP) is 3.50. The first kappa shape index (κ1) is 18.6. The fraction of sp³-hybridized carbons (Fsp3) is 0.409. The first-order valence-corrected chi connectivity index (χ1v) is 9.27. The number of hydrogen-bond acceptors (Lipinski definition) is 3. The second-order valence-corrected chi connectivity index (χ2v) is 6.94. The molecule has 0 aromatic heterocycles. The number of carbonyl (C=O) groups excluding carboxylic acids is 1. The minimum atomic E-state index is -0.00183. The highest BCUT2D eigenvalue weighted by Crippen LogP contribution is 2.23. The molecule has 26 heavy (non-hydrogen) atoms. The van der Waals surface area contributed by atoms with Crippen molar-refractivity contribution < 1.29 is 14.3 Å². The zero-order valence-electron chi connectivity index (χ0n) is 15.3. The largest absolute Gasteiger partial charge is 0.374 e. The molecule has 1 aliphatic heterocycles. The van der Waals surface area contributed by atoms with Crippen molar-refractivity contribution in [2.24, 2.45) is 0 Å². The molecule has 1 amide bonds. The van der Waals surface area contributed by atoms with Gasteiger partial charge in [-0.2, -0.15) is 0 Å². The molecule has 3 atom stereocenters. The zero-order valence-corrected chi connectivity index (χ0v) is 15.3. The number of amides is 1. The van der Waals surface area contributed by atoms with Gasteiger partial charge in [-0.25, -0.2) is 0 Å². The molecule has 1 N–H and O–H groups in total. The lowest BCUT2D eigenvalue weighted by Gasteiger charge is -2.35. The van der Waals surface area contributed by atoms with E-state index in [-0.39, 0.29) is 24.2 Å². The molecule has 4 heteroatoms. The Bertz CT molecular complexity index is 674. The highest BCUT2D eigenvalue weighted by atomic mass is 16.5. The Labute approximate surface area is 155 Å². The molecule has 2 aromatic rings. The molecule has 1 fully saturated rings. The van der Waals surface area contributed by atoms with Gasteiger partial charge in [0, 0.05) is 13.0 Å². The van der Waals surface area contributed by atoms with E-state index in [1.165, 1.54) is 5.56 Å². The van der Waals surface area contributed by atoms with Crippen molar-refractivity contribution in [3.05, 3.63) is 71.8 Å². The molecule has 1 saturated heterocycles. The maximum absolute atomic E-state index is 11.5. The third-order valence-corrected chi connectivity index (χ3v) is 4.61. The van der Waals surface area contributed by atoms with Crippen LogP contribution in [0.5, 0.6) is 0 Å². The number of nitrogens with one attached hydrogen (secondary N) is 1.